The molecule has 96 valence electrons. The zero-order valence-electron chi connectivity index (χ0n) is 9.81. The Hall–Kier alpha value is -1.53. The maximum atomic E-state index is 11.5. The summed E-state index contributed by atoms with van der Waals surface area (Å²) in [5.41, 5.74) is 0.948. The number of amides is 2. The van der Waals surface area contributed by atoms with Crippen LogP contribution in [0.1, 0.15) is 10.6 Å². The van der Waals surface area contributed by atoms with Crippen molar-refractivity contribution in [3.8, 4) is 0 Å². The predicted octanol–water partition coefficient (Wildman–Crippen LogP) is 2.13. The van der Waals surface area contributed by atoms with Gasteiger partial charge in [-0.2, -0.15) is 5.10 Å². The molecule has 0 aromatic carbocycles. The Labute approximate surface area is 114 Å². The van der Waals surface area contributed by atoms with Crippen LogP contribution in [0.3, 0.4) is 0 Å². The number of carbonyl (C=O) groups excluding carboxylic acids is 1. The molecule has 5 nitrogen and oxygen atoms in total. The second kappa shape index (κ2) is 5.88. The summed E-state index contributed by atoms with van der Waals surface area (Å²) in [6, 6.07) is 5.37. The number of aromatic nitrogens is 2. The highest BCUT2D eigenvalue weighted by Gasteiger charge is 2.04. The van der Waals surface area contributed by atoms with Crippen molar-refractivity contribution in [3.63, 3.8) is 0 Å². The lowest BCUT2D eigenvalue weighted by atomic mass is 10.4. The molecule has 0 aliphatic rings. The van der Waals surface area contributed by atoms with Crippen molar-refractivity contribution in [1.82, 2.24) is 20.4 Å². The zero-order chi connectivity index (χ0) is 13.0. The van der Waals surface area contributed by atoms with Gasteiger partial charge in [0.1, 0.15) is 0 Å². The van der Waals surface area contributed by atoms with Gasteiger partial charge in [-0.15, -0.1) is 11.3 Å². The van der Waals surface area contributed by atoms with Gasteiger partial charge in [0.15, 0.2) is 0 Å². The first-order valence-corrected chi connectivity index (χ1v) is 6.57. The molecule has 18 heavy (non-hydrogen) atoms. The highest BCUT2D eigenvalue weighted by Crippen LogP contribution is 2.20. The number of nitrogens with one attached hydrogen (secondary N) is 2. The van der Waals surface area contributed by atoms with Gasteiger partial charge in [0, 0.05) is 18.1 Å². The molecule has 0 fully saturated rings. The maximum Gasteiger partial charge on any atom is 0.315 e. The molecule has 0 spiro atoms. The number of carbonyl (C=O) groups is 1. The number of aryl methyl sites for hydroxylation is 1. The molecular formula is C11H13ClN4OS. The molecule has 2 heterocycles. The van der Waals surface area contributed by atoms with Crippen molar-refractivity contribution in [1.29, 1.82) is 0 Å². The number of hydrogen-bond acceptors (Lipinski definition) is 3. The summed E-state index contributed by atoms with van der Waals surface area (Å²) >= 11 is 7.26. The lowest BCUT2D eigenvalue weighted by Crippen LogP contribution is -2.34. The van der Waals surface area contributed by atoms with E-state index in [0.717, 1.165) is 14.9 Å². The second-order valence-corrected chi connectivity index (χ2v) is 5.49. The highest BCUT2D eigenvalue weighted by atomic mass is 35.5. The van der Waals surface area contributed by atoms with E-state index >= 15 is 0 Å². The number of nitrogens with zero attached hydrogens (tertiary/aromatic N) is 2. The fourth-order valence-corrected chi connectivity index (χ4v) is 2.45. The Morgan fingerprint density at radius 3 is 2.78 bits per heavy atom. The molecule has 0 unspecified atom stereocenters. The van der Waals surface area contributed by atoms with Gasteiger partial charge in [0.25, 0.3) is 0 Å². The Morgan fingerprint density at radius 1 is 1.39 bits per heavy atom. The summed E-state index contributed by atoms with van der Waals surface area (Å²) in [5, 5.41) is 9.55. The van der Waals surface area contributed by atoms with Crippen molar-refractivity contribution in [2.75, 3.05) is 0 Å². The fraction of sp³-hybridized carbons (Fsp3) is 0.273. The quantitative estimate of drug-likeness (QED) is 0.904. The molecule has 7 heteroatoms. The van der Waals surface area contributed by atoms with Gasteiger partial charge in [-0.05, 0) is 18.2 Å². The summed E-state index contributed by atoms with van der Waals surface area (Å²) in [4.78, 5) is 12.6. The molecule has 0 saturated carbocycles. The van der Waals surface area contributed by atoms with E-state index < -0.39 is 0 Å². The van der Waals surface area contributed by atoms with Gasteiger partial charge >= 0.3 is 6.03 Å². The van der Waals surface area contributed by atoms with Crippen LogP contribution in [0.2, 0.25) is 4.34 Å². The van der Waals surface area contributed by atoms with E-state index in [-0.39, 0.29) is 6.03 Å². The van der Waals surface area contributed by atoms with Crippen LogP contribution in [-0.2, 0) is 20.1 Å². The lowest BCUT2D eigenvalue weighted by Gasteiger charge is -2.06. The van der Waals surface area contributed by atoms with E-state index in [2.05, 4.69) is 15.7 Å². The van der Waals surface area contributed by atoms with Gasteiger partial charge in [-0.1, -0.05) is 11.6 Å². The van der Waals surface area contributed by atoms with Gasteiger partial charge < -0.3 is 10.6 Å². The van der Waals surface area contributed by atoms with E-state index in [0.29, 0.717) is 13.1 Å². The first-order valence-electron chi connectivity index (χ1n) is 5.38. The molecule has 0 saturated heterocycles. The Kier molecular flexibility index (Phi) is 4.22. The van der Waals surface area contributed by atoms with Crippen LogP contribution in [0.25, 0.3) is 0 Å². The maximum absolute atomic E-state index is 11.5. The van der Waals surface area contributed by atoms with Gasteiger partial charge in [-0.25, -0.2) is 4.79 Å². The molecule has 0 aliphatic carbocycles. The fourth-order valence-electron chi connectivity index (χ4n) is 1.42. The van der Waals surface area contributed by atoms with Crippen LogP contribution in [0.15, 0.2) is 24.4 Å². The minimum Gasteiger partial charge on any atom is -0.333 e. The van der Waals surface area contributed by atoms with Crippen molar-refractivity contribution >= 4 is 29.0 Å². The first kappa shape index (κ1) is 12.9. The monoisotopic (exact) mass is 284 g/mol. The van der Waals surface area contributed by atoms with Crippen molar-refractivity contribution in [3.05, 3.63) is 39.3 Å². The minimum absolute atomic E-state index is 0.208. The largest absolute Gasteiger partial charge is 0.333 e. The number of thiophene rings is 1. The third-order valence-electron chi connectivity index (χ3n) is 2.40. The molecular weight excluding hydrogens is 272 g/mol. The molecule has 2 aromatic rings. The van der Waals surface area contributed by atoms with E-state index in [9.17, 15) is 4.79 Å². The number of halogens is 1. The predicted molar refractivity (Wildman–Crippen MR) is 71.6 cm³/mol. The van der Waals surface area contributed by atoms with Crippen LogP contribution in [-0.4, -0.2) is 15.8 Å². The zero-order valence-corrected chi connectivity index (χ0v) is 11.4. The summed E-state index contributed by atoms with van der Waals surface area (Å²) in [6.07, 6.45) is 1.70. The van der Waals surface area contributed by atoms with E-state index in [4.69, 9.17) is 11.6 Å². The first-order chi connectivity index (χ1) is 8.65. The highest BCUT2D eigenvalue weighted by molar-refractivity contribution is 7.16. The third-order valence-corrected chi connectivity index (χ3v) is 3.64. The van der Waals surface area contributed by atoms with Crippen LogP contribution >= 0.6 is 22.9 Å². The molecule has 2 N–H and O–H groups in total. The van der Waals surface area contributed by atoms with Gasteiger partial charge in [-0.3, -0.25) is 4.68 Å². The molecule has 2 rings (SSSR count). The topological polar surface area (TPSA) is 59.0 Å². The Balaban J connectivity index is 1.74. The average Bonchev–Trinajstić information content (AvgIpc) is 2.93. The lowest BCUT2D eigenvalue weighted by molar-refractivity contribution is 0.240. The SMILES string of the molecule is Cn1nccc1CNC(=O)NCc1ccc(Cl)s1. The average molecular weight is 285 g/mol. The molecule has 0 radical (unpaired) electrons. The number of hydrogen-bond donors (Lipinski definition) is 2. The van der Waals surface area contributed by atoms with Crippen LogP contribution in [0, 0.1) is 0 Å². The summed E-state index contributed by atoms with van der Waals surface area (Å²) in [7, 11) is 1.84. The smallest absolute Gasteiger partial charge is 0.315 e. The Bertz CT molecular complexity index is 537. The van der Waals surface area contributed by atoms with Gasteiger partial charge in [0.05, 0.1) is 23.1 Å². The van der Waals surface area contributed by atoms with E-state index in [1.54, 1.807) is 10.9 Å². The Morgan fingerprint density at radius 2 is 2.17 bits per heavy atom. The molecule has 0 bridgehead atoms. The van der Waals surface area contributed by atoms with Crippen LogP contribution in [0.5, 0.6) is 0 Å². The summed E-state index contributed by atoms with van der Waals surface area (Å²) < 4.78 is 2.45. The molecule has 0 aliphatic heterocycles. The normalized spacial score (nSPS) is 10.3. The van der Waals surface area contributed by atoms with Crippen LogP contribution < -0.4 is 10.6 Å². The van der Waals surface area contributed by atoms with Gasteiger partial charge in [0.2, 0.25) is 0 Å². The van der Waals surface area contributed by atoms with Crippen molar-refractivity contribution < 1.29 is 4.79 Å². The summed E-state index contributed by atoms with van der Waals surface area (Å²) in [5.74, 6) is 0. The van der Waals surface area contributed by atoms with Crippen molar-refractivity contribution in [2.24, 2.45) is 7.05 Å². The minimum atomic E-state index is -0.208. The van der Waals surface area contributed by atoms with Crippen molar-refractivity contribution in [2.45, 2.75) is 13.1 Å². The molecule has 2 amide bonds. The number of rotatable bonds is 4. The van der Waals surface area contributed by atoms with E-state index in [1.165, 1.54) is 11.3 Å². The second-order valence-electron chi connectivity index (χ2n) is 3.69. The van der Waals surface area contributed by atoms with Crippen LogP contribution in [0.4, 0.5) is 4.79 Å². The standard InChI is InChI=1S/C11H13ClN4OS/c1-16-8(4-5-15-16)6-13-11(17)14-7-9-2-3-10(12)18-9/h2-5H,6-7H2,1H3,(H2,13,14,17). The number of urea groups is 1. The van der Waals surface area contributed by atoms with E-state index in [1.807, 2.05) is 25.2 Å². The third kappa shape index (κ3) is 3.48. The molecule has 0 atom stereocenters. The molecule has 2 aromatic heterocycles. The summed E-state index contributed by atoms with van der Waals surface area (Å²) in [6.45, 7) is 0.933.